The highest BCUT2D eigenvalue weighted by Gasteiger charge is 2.30. The first-order valence-corrected chi connectivity index (χ1v) is 12.7. The predicted molar refractivity (Wildman–Crippen MR) is 132 cm³/mol. The van der Waals surface area contributed by atoms with Crippen molar-refractivity contribution in [3.63, 3.8) is 0 Å². The van der Waals surface area contributed by atoms with Gasteiger partial charge in [-0.25, -0.2) is 8.42 Å². The van der Waals surface area contributed by atoms with E-state index in [2.05, 4.69) is 21.6 Å². The topological polar surface area (TPSA) is 105 Å². The highest BCUT2D eigenvalue weighted by atomic mass is 32.2. The van der Waals surface area contributed by atoms with E-state index in [4.69, 9.17) is 4.42 Å². The lowest BCUT2D eigenvalue weighted by atomic mass is 10.0. The lowest BCUT2D eigenvalue weighted by molar-refractivity contribution is 0.102. The molecule has 1 N–H and O–H groups in total. The van der Waals surface area contributed by atoms with Crippen LogP contribution in [-0.2, 0) is 22.9 Å². The number of sulfonamides is 1. The Bertz CT molecular complexity index is 1510. The lowest BCUT2D eigenvalue weighted by Crippen LogP contribution is -2.29. The first kappa shape index (κ1) is 22.8. The first-order chi connectivity index (χ1) is 16.8. The Labute approximate surface area is 203 Å². The zero-order valence-electron chi connectivity index (χ0n) is 19.4. The number of hydrogen-bond acceptors (Lipinski definition) is 6. The number of hydrogen-bond donors (Lipinski definition) is 1. The van der Waals surface area contributed by atoms with Gasteiger partial charge < -0.3 is 4.42 Å². The van der Waals surface area contributed by atoms with Gasteiger partial charge in [-0.05, 0) is 72.9 Å². The van der Waals surface area contributed by atoms with Crippen LogP contribution in [0.15, 0.2) is 76.0 Å². The summed E-state index contributed by atoms with van der Waals surface area (Å²) < 4.78 is 33.3. The van der Waals surface area contributed by atoms with E-state index in [0.717, 1.165) is 11.1 Å². The van der Waals surface area contributed by atoms with Gasteiger partial charge in [-0.2, -0.15) is 0 Å². The molecule has 0 spiro atoms. The minimum absolute atomic E-state index is 0.0146. The van der Waals surface area contributed by atoms with E-state index in [-0.39, 0.29) is 16.5 Å². The van der Waals surface area contributed by atoms with E-state index in [1.807, 2.05) is 44.2 Å². The molecule has 0 aliphatic carbocycles. The quantitative estimate of drug-likeness (QED) is 0.434. The van der Waals surface area contributed by atoms with Gasteiger partial charge in [0.2, 0.25) is 5.89 Å². The Hall–Kier alpha value is -3.98. The van der Waals surface area contributed by atoms with Crippen LogP contribution in [0.3, 0.4) is 0 Å². The number of carbonyl (C=O) groups is 1. The third-order valence-electron chi connectivity index (χ3n) is 6.16. The Morgan fingerprint density at radius 3 is 2.54 bits per heavy atom. The van der Waals surface area contributed by atoms with E-state index in [0.29, 0.717) is 31.0 Å². The van der Waals surface area contributed by atoms with E-state index in [1.54, 1.807) is 6.07 Å². The second-order valence-corrected chi connectivity index (χ2v) is 10.4. The molecule has 0 saturated heterocycles. The molecule has 1 amide bonds. The smallest absolute Gasteiger partial charge is 0.322 e. The van der Waals surface area contributed by atoms with Crippen LogP contribution in [0.2, 0.25) is 0 Å². The first-order valence-electron chi connectivity index (χ1n) is 11.2. The number of amides is 1. The van der Waals surface area contributed by atoms with Crippen molar-refractivity contribution in [3.8, 4) is 0 Å². The molecule has 0 unspecified atom stereocenters. The Morgan fingerprint density at radius 2 is 1.77 bits per heavy atom. The Kier molecular flexibility index (Phi) is 5.86. The minimum atomic E-state index is -3.72. The van der Waals surface area contributed by atoms with E-state index in [1.165, 1.54) is 39.7 Å². The molecule has 35 heavy (non-hydrogen) atoms. The fourth-order valence-corrected chi connectivity index (χ4v) is 5.60. The van der Waals surface area contributed by atoms with Crippen molar-refractivity contribution < 1.29 is 17.6 Å². The molecule has 0 saturated carbocycles. The summed E-state index contributed by atoms with van der Waals surface area (Å²) in [7, 11) is -3.72. The van der Waals surface area contributed by atoms with Gasteiger partial charge >= 0.3 is 6.01 Å². The predicted octanol–water partition coefficient (Wildman–Crippen LogP) is 4.28. The largest absolute Gasteiger partial charge is 0.407 e. The fourth-order valence-electron chi connectivity index (χ4n) is 4.10. The number of benzene rings is 3. The van der Waals surface area contributed by atoms with Gasteiger partial charge in [0.15, 0.2) is 0 Å². The lowest BCUT2D eigenvalue weighted by Gasteiger charge is -2.19. The molecule has 8 nitrogen and oxygen atoms in total. The highest BCUT2D eigenvalue weighted by Crippen LogP contribution is 2.32. The molecule has 9 heteroatoms. The summed E-state index contributed by atoms with van der Waals surface area (Å²) in [5, 5.41) is 10.5. The van der Waals surface area contributed by atoms with Crippen molar-refractivity contribution in [1.29, 1.82) is 0 Å². The number of fused-ring (bicyclic) bond motifs is 1. The molecule has 0 radical (unpaired) electrons. The second-order valence-electron chi connectivity index (χ2n) is 8.53. The van der Waals surface area contributed by atoms with Gasteiger partial charge in [0.1, 0.15) is 0 Å². The van der Waals surface area contributed by atoms with Crippen LogP contribution in [0.1, 0.15) is 38.5 Å². The molecule has 1 aliphatic rings. The van der Waals surface area contributed by atoms with E-state index < -0.39 is 15.9 Å². The zero-order valence-corrected chi connectivity index (χ0v) is 20.2. The van der Waals surface area contributed by atoms with Gasteiger partial charge in [-0.15, -0.1) is 5.10 Å². The number of nitrogens with zero attached hydrogens (tertiary/aromatic N) is 3. The maximum Gasteiger partial charge on any atom is 0.322 e. The van der Waals surface area contributed by atoms with Crippen LogP contribution in [-0.4, -0.2) is 31.1 Å². The molecule has 0 fully saturated rings. The number of para-hydroxylation sites is 1. The molecular formula is C26H24N4O4S. The van der Waals surface area contributed by atoms with Gasteiger partial charge in [0.05, 0.1) is 17.0 Å². The Morgan fingerprint density at radius 1 is 1.00 bits per heavy atom. The summed E-state index contributed by atoms with van der Waals surface area (Å²) in [6, 6.07) is 19.4. The van der Waals surface area contributed by atoms with Crippen LogP contribution in [0, 0.1) is 13.8 Å². The molecule has 1 aromatic heterocycles. The molecule has 2 heterocycles. The molecule has 3 aromatic carbocycles. The maximum absolute atomic E-state index is 13.2. The van der Waals surface area contributed by atoms with Crippen molar-refractivity contribution in [3.05, 3.63) is 100 Å². The van der Waals surface area contributed by atoms with Crippen LogP contribution < -0.4 is 9.62 Å². The molecule has 178 valence electrons. The molecule has 4 aromatic rings. The van der Waals surface area contributed by atoms with Gasteiger partial charge in [-0.3, -0.25) is 14.4 Å². The van der Waals surface area contributed by atoms with Crippen molar-refractivity contribution in [2.24, 2.45) is 0 Å². The van der Waals surface area contributed by atoms with Gasteiger partial charge in [-0.1, -0.05) is 41.5 Å². The van der Waals surface area contributed by atoms with Crippen molar-refractivity contribution in [2.45, 2.75) is 31.6 Å². The molecule has 0 atom stereocenters. The van der Waals surface area contributed by atoms with E-state index >= 15 is 0 Å². The van der Waals surface area contributed by atoms with E-state index in [9.17, 15) is 13.2 Å². The molecule has 0 bridgehead atoms. The summed E-state index contributed by atoms with van der Waals surface area (Å²) in [5.74, 6) is -0.0854. The van der Waals surface area contributed by atoms with Crippen molar-refractivity contribution in [2.75, 3.05) is 16.2 Å². The fraction of sp³-hybridized carbons (Fsp3) is 0.192. The second kappa shape index (κ2) is 8.99. The average Bonchev–Trinajstić information content (AvgIpc) is 3.48. The third-order valence-corrected chi connectivity index (χ3v) is 7.99. The normalized spacial score (nSPS) is 13.0. The van der Waals surface area contributed by atoms with Gasteiger partial charge in [0.25, 0.3) is 15.9 Å². The molecule has 1 aliphatic heterocycles. The number of carbonyl (C=O) groups excluding carboxylic acids is 1. The van der Waals surface area contributed by atoms with Crippen LogP contribution in [0.4, 0.5) is 11.7 Å². The number of rotatable bonds is 6. The summed E-state index contributed by atoms with van der Waals surface area (Å²) in [6.07, 6.45) is 1.13. The summed E-state index contributed by atoms with van der Waals surface area (Å²) in [5.41, 5.74) is 5.39. The standard InChI is InChI=1S/C26H24N4O4S/c1-17-7-8-19(15-18(17)2)16-24-28-29-26(34-24)27-25(31)21-9-11-22(12-10-21)35(32,33)30-14-13-20-5-3-4-6-23(20)30/h3-12,15H,13-14,16H2,1-2H3,(H,27,29,31). The molecular weight excluding hydrogens is 464 g/mol. The average molecular weight is 489 g/mol. The minimum Gasteiger partial charge on any atom is -0.407 e. The monoisotopic (exact) mass is 488 g/mol. The third kappa shape index (κ3) is 4.54. The van der Waals surface area contributed by atoms with Crippen molar-refractivity contribution in [1.82, 2.24) is 10.2 Å². The summed E-state index contributed by atoms with van der Waals surface area (Å²) >= 11 is 0. The van der Waals surface area contributed by atoms with Gasteiger partial charge in [0, 0.05) is 12.1 Å². The SMILES string of the molecule is Cc1ccc(Cc2nnc(NC(=O)c3ccc(S(=O)(=O)N4CCc5ccccc54)cc3)o2)cc1C. The summed E-state index contributed by atoms with van der Waals surface area (Å²) in [4.78, 5) is 12.8. The summed E-state index contributed by atoms with van der Waals surface area (Å²) in [6.45, 7) is 4.48. The maximum atomic E-state index is 13.2. The van der Waals surface area contributed by atoms with Crippen LogP contribution >= 0.6 is 0 Å². The molecule has 5 rings (SSSR count). The number of anilines is 2. The van der Waals surface area contributed by atoms with Crippen LogP contribution in [0.25, 0.3) is 0 Å². The number of aromatic nitrogens is 2. The van der Waals surface area contributed by atoms with Crippen molar-refractivity contribution >= 4 is 27.6 Å². The van der Waals surface area contributed by atoms with Crippen LogP contribution in [0.5, 0.6) is 0 Å². The number of nitrogens with one attached hydrogen (secondary N) is 1. The number of aryl methyl sites for hydroxylation is 2. The Balaban J connectivity index is 1.26. The highest BCUT2D eigenvalue weighted by molar-refractivity contribution is 7.92. The zero-order chi connectivity index (χ0) is 24.6.